The molecule has 0 aliphatic carbocycles. The van der Waals surface area contributed by atoms with E-state index in [9.17, 15) is 0 Å². The quantitative estimate of drug-likeness (QED) is 0.600. The van der Waals surface area contributed by atoms with E-state index in [0.717, 1.165) is 6.21 Å². The van der Waals surface area contributed by atoms with Gasteiger partial charge in [-0.1, -0.05) is 11.7 Å². The van der Waals surface area contributed by atoms with Crippen LogP contribution in [0.2, 0.25) is 0 Å². The maximum Gasteiger partial charge on any atom is 0.221 e. The van der Waals surface area contributed by atoms with Gasteiger partial charge in [0.15, 0.2) is 0 Å². The van der Waals surface area contributed by atoms with Crippen LogP contribution in [0.5, 0.6) is 0 Å². The van der Waals surface area contributed by atoms with Crippen LogP contribution < -0.4 is 5.32 Å². The number of rotatable bonds is 3. The molecule has 0 unspecified atom stereocenters. The van der Waals surface area contributed by atoms with Crippen molar-refractivity contribution >= 4 is 12.0 Å². The van der Waals surface area contributed by atoms with Crippen molar-refractivity contribution < 1.29 is 4.52 Å². The second-order valence-electron chi connectivity index (χ2n) is 1.48. The van der Waals surface area contributed by atoms with Crippen molar-refractivity contribution in [3.05, 3.63) is 18.5 Å². The number of anilines is 1. The van der Waals surface area contributed by atoms with Gasteiger partial charge in [-0.2, -0.15) is 0 Å². The summed E-state index contributed by atoms with van der Waals surface area (Å²) >= 11 is 0. The van der Waals surface area contributed by atoms with Crippen LogP contribution in [0.1, 0.15) is 5.76 Å². The maximum atomic E-state index is 6.81. The smallest absolute Gasteiger partial charge is 0.221 e. The van der Waals surface area contributed by atoms with Crippen molar-refractivity contribution in [1.29, 1.82) is 5.41 Å². The largest absolute Gasteiger partial charge is 0.342 e. The third kappa shape index (κ3) is 1.02. The van der Waals surface area contributed by atoms with Crippen molar-refractivity contribution in [3.8, 4) is 0 Å². The molecule has 0 atom stereocenters. The fraction of sp³-hybridized carbons (Fsp3) is 0. The van der Waals surface area contributed by atoms with E-state index in [-0.39, 0.29) is 0 Å². The van der Waals surface area contributed by atoms with Crippen molar-refractivity contribution in [2.24, 2.45) is 0 Å². The zero-order valence-electron chi connectivity index (χ0n) is 5.16. The molecule has 0 aliphatic rings. The Labute approximate surface area is 57.2 Å². The minimum absolute atomic E-state index is 0.292. The Balaban J connectivity index is 2.89. The van der Waals surface area contributed by atoms with E-state index in [4.69, 9.17) is 5.41 Å². The van der Waals surface area contributed by atoms with Crippen LogP contribution in [-0.4, -0.2) is 16.6 Å². The molecule has 1 rings (SSSR count). The van der Waals surface area contributed by atoms with Gasteiger partial charge in [0.05, 0.1) is 6.21 Å². The van der Waals surface area contributed by atoms with Gasteiger partial charge in [0.25, 0.3) is 0 Å². The SMILES string of the molecule is C=CNc1nnoc1C=N. The highest BCUT2D eigenvalue weighted by Crippen LogP contribution is 2.06. The predicted octanol–water partition coefficient (Wildman–Crippen LogP) is 0.623. The Bertz CT molecular complexity index is 242. The highest BCUT2D eigenvalue weighted by Gasteiger charge is 2.03. The van der Waals surface area contributed by atoms with E-state index < -0.39 is 0 Å². The summed E-state index contributed by atoms with van der Waals surface area (Å²) < 4.78 is 4.55. The third-order valence-corrected chi connectivity index (χ3v) is 0.883. The average Bonchev–Trinajstić information content (AvgIpc) is 2.36. The lowest BCUT2D eigenvalue weighted by atomic mass is 10.5. The van der Waals surface area contributed by atoms with Gasteiger partial charge in [-0.25, -0.2) is 0 Å². The molecule has 0 saturated heterocycles. The van der Waals surface area contributed by atoms with Crippen LogP contribution in [0, 0.1) is 5.41 Å². The van der Waals surface area contributed by atoms with E-state index in [1.807, 2.05) is 0 Å². The summed E-state index contributed by atoms with van der Waals surface area (Å²) in [4.78, 5) is 0. The van der Waals surface area contributed by atoms with Gasteiger partial charge in [-0.05, 0) is 6.20 Å². The number of nitrogens with one attached hydrogen (secondary N) is 2. The number of hydrogen-bond acceptors (Lipinski definition) is 5. The number of nitrogens with zero attached hydrogens (tertiary/aromatic N) is 2. The topological polar surface area (TPSA) is 74.8 Å². The summed E-state index contributed by atoms with van der Waals surface area (Å²) in [6.45, 7) is 3.42. The van der Waals surface area contributed by atoms with E-state index >= 15 is 0 Å². The molecule has 5 nitrogen and oxygen atoms in total. The molecule has 0 spiro atoms. The van der Waals surface area contributed by atoms with E-state index in [1.54, 1.807) is 0 Å². The molecule has 1 heterocycles. The lowest BCUT2D eigenvalue weighted by Gasteiger charge is -1.88. The first kappa shape index (κ1) is 6.47. The first-order valence-corrected chi connectivity index (χ1v) is 2.58. The summed E-state index contributed by atoms with van der Waals surface area (Å²) in [7, 11) is 0. The molecular weight excluding hydrogens is 132 g/mol. The van der Waals surface area contributed by atoms with Gasteiger partial charge in [0.1, 0.15) is 0 Å². The minimum Gasteiger partial charge on any atom is -0.342 e. The van der Waals surface area contributed by atoms with Crippen molar-refractivity contribution in [2.45, 2.75) is 0 Å². The maximum absolute atomic E-state index is 6.81. The fourth-order valence-electron chi connectivity index (χ4n) is 0.489. The van der Waals surface area contributed by atoms with Gasteiger partial charge >= 0.3 is 0 Å². The number of aromatic nitrogens is 2. The summed E-state index contributed by atoms with van der Waals surface area (Å²) in [5.74, 6) is 0.699. The summed E-state index contributed by atoms with van der Waals surface area (Å²) in [6, 6.07) is 0. The average molecular weight is 138 g/mol. The Morgan fingerprint density at radius 1 is 1.70 bits per heavy atom. The molecule has 0 aromatic carbocycles. The van der Waals surface area contributed by atoms with E-state index in [1.165, 1.54) is 6.20 Å². The molecule has 0 bridgehead atoms. The Morgan fingerprint density at radius 3 is 3.10 bits per heavy atom. The first-order valence-electron chi connectivity index (χ1n) is 2.58. The van der Waals surface area contributed by atoms with Gasteiger partial charge in [-0.15, -0.1) is 0 Å². The van der Waals surface area contributed by atoms with Gasteiger partial charge < -0.3 is 15.2 Å². The van der Waals surface area contributed by atoms with Crippen molar-refractivity contribution in [1.82, 2.24) is 10.4 Å². The molecule has 2 N–H and O–H groups in total. The highest BCUT2D eigenvalue weighted by molar-refractivity contribution is 5.79. The van der Waals surface area contributed by atoms with E-state index in [2.05, 4.69) is 26.8 Å². The molecule has 10 heavy (non-hydrogen) atoms. The molecule has 0 amide bonds. The van der Waals surface area contributed by atoms with Crippen molar-refractivity contribution in [2.75, 3.05) is 5.32 Å². The molecule has 0 radical (unpaired) electrons. The standard InChI is InChI=1S/C5H6N4O/c1-2-7-5-4(3-6)10-9-8-5/h2-3,6-7H,1H2. The molecule has 0 saturated carbocycles. The molecule has 1 aromatic rings. The van der Waals surface area contributed by atoms with Crippen LogP contribution in [0.4, 0.5) is 5.82 Å². The molecular formula is C5H6N4O. The van der Waals surface area contributed by atoms with E-state index in [0.29, 0.717) is 11.6 Å². The molecule has 5 heteroatoms. The second-order valence-corrected chi connectivity index (χ2v) is 1.48. The zero-order chi connectivity index (χ0) is 7.40. The molecule has 52 valence electrons. The molecule has 0 aliphatic heterocycles. The zero-order valence-corrected chi connectivity index (χ0v) is 5.16. The Kier molecular flexibility index (Phi) is 1.79. The predicted molar refractivity (Wildman–Crippen MR) is 36.0 cm³/mol. The lowest BCUT2D eigenvalue weighted by Crippen LogP contribution is -1.89. The first-order chi connectivity index (χ1) is 4.88. The molecule has 1 aromatic heterocycles. The summed E-state index contributed by atoms with van der Waals surface area (Å²) in [6.07, 6.45) is 2.46. The summed E-state index contributed by atoms with van der Waals surface area (Å²) in [5, 5.41) is 16.2. The number of hydrogen-bond donors (Lipinski definition) is 2. The lowest BCUT2D eigenvalue weighted by molar-refractivity contribution is 0.388. The van der Waals surface area contributed by atoms with Gasteiger partial charge in [0.2, 0.25) is 11.6 Å². The van der Waals surface area contributed by atoms with Crippen LogP contribution >= 0.6 is 0 Å². The Hall–Kier alpha value is -1.65. The van der Waals surface area contributed by atoms with Crippen LogP contribution in [0.15, 0.2) is 17.3 Å². The second kappa shape index (κ2) is 2.77. The van der Waals surface area contributed by atoms with Gasteiger partial charge in [0, 0.05) is 5.27 Å². The van der Waals surface area contributed by atoms with Crippen molar-refractivity contribution in [3.63, 3.8) is 0 Å². The summed E-state index contributed by atoms with van der Waals surface area (Å²) in [5.41, 5.74) is 0. The minimum atomic E-state index is 0.292. The van der Waals surface area contributed by atoms with Crippen LogP contribution in [-0.2, 0) is 0 Å². The fourth-order valence-corrected chi connectivity index (χ4v) is 0.489. The normalized spacial score (nSPS) is 8.80. The van der Waals surface area contributed by atoms with Crippen LogP contribution in [0.25, 0.3) is 0 Å². The highest BCUT2D eigenvalue weighted by atomic mass is 16.5. The Morgan fingerprint density at radius 2 is 2.50 bits per heavy atom. The van der Waals surface area contributed by atoms with Crippen LogP contribution in [0.3, 0.4) is 0 Å². The molecule has 0 fully saturated rings. The third-order valence-electron chi connectivity index (χ3n) is 0.883. The van der Waals surface area contributed by atoms with Gasteiger partial charge in [-0.3, -0.25) is 0 Å². The monoisotopic (exact) mass is 138 g/mol.